The third-order valence-electron chi connectivity index (χ3n) is 2.63. The molecule has 0 saturated heterocycles. The minimum Gasteiger partial charge on any atom is -0.355 e. The number of carbonyl (C=O) groups is 1. The Hall–Kier alpha value is -0.870. The maximum Gasteiger partial charge on any atom is 0.236 e. The van der Waals surface area contributed by atoms with Gasteiger partial charge in [-0.3, -0.25) is 10.1 Å². The van der Waals surface area contributed by atoms with Crippen LogP contribution in [0.25, 0.3) is 0 Å². The van der Waals surface area contributed by atoms with Crippen molar-refractivity contribution >= 4 is 17.2 Å². The van der Waals surface area contributed by atoms with Crippen molar-refractivity contribution in [3.05, 3.63) is 21.9 Å². The molecule has 1 aromatic rings. The molecule has 96 valence electrons. The minimum absolute atomic E-state index is 0.0759. The fourth-order valence-corrected chi connectivity index (χ4v) is 2.51. The molecule has 0 aliphatic rings. The number of carbonyl (C=O) groups excluding carboxylic acids is 1. The molecule has 0 saturated carbocycles. The van der Waals surface area contributed by atoms with Crippen LogP contribution in [0.4, 0.5) is 0 Å². The van der Waals surface area contributed by atoms with Gasteiger partial charge < -0.3 is 5.32 Å². The average Bonchev–Trinajstić information content (AvgIpc) is 2.72. The molecule has 0 radical (unpaired) electrons. The van der Waals surface area contributed by atoms with Gasteiger partial charge in [-0.15, -0.1) is 11.3 Å². The second-order valence-electron chi connectivity index (χ2n) is 4.35. The van der Waals surface area contributed by atoms with Crippen LogP contribution in [-0.4, -0.2) is 18.5 Å². The summed E-state index contributed by atoms with van der Waals surface area (Å²) >= 11 is 1.77. The van der Waals surface area contributed by atoms with Gasteiger partial charge in [0.1, 0.15) is 0 Å². The maximum absolute atomic E-state index is 11.7. The van der Waals surface area contributed by atoms with E-state index in [4.69, 9.17) is 0 Å². The first-order valence-electron chi connectivity index (χ1n) is 6.14. The van der Waals surface area contributed by atoms with E-state index in [0.29, 0.717) is 0 Å². The van der Waals surface area contributed by atoms with Gasteiger partial charge in [0.2, 0.25) is 5.91 Å². The molecule has 1 heterocycles. The molecular formula is C13H22N2OS. The van der Waals surface area contributed by atoms with Crippen LogP contribution in [0.1, 0.15) is 43.0 Å². The lowest BCUT2D eigenvalue weighted by atomic mass is 10.2. The fourth-order valence-electron chi connectivity index (χ4n) is 1.62. The van der Waals surface area contributed by atoms with Crippen molar-refractivity contribution in [2.24, 2.45) is 0 Å². The first-order valence-corrected chi connectivity index (χ1v) is 6.96. The summed E-state index contributed by atoms with van der Waals surface area (Å²) in [5, 5.41) is 6.21. The Morgan fingerprint density at radius 1 is 1.41 bits per heavy atom. The lowest BCUT2D eigenvalue weighted by Gasteiger charge is -2.18. The molecule has 3 nitrogen and oxygen atoms in total. The molecule has 1 amide bonds. The van der Waals surface area contributed by atoms with Crippen molar-refractivity contribution in [3.8, 4) is 0 Å². The molecule has 2 N–H and O–H groups in total. The smallest absolute Gasteiger partial charge is 0.236 e. The van der Waals surface area contributed by atoms with E-state index >= 15 is 0 Å². The summed E-state index contributed by atoms with van der Waals surface area (Å²) in [4.78, 5) is 14.3. The summed E-state index contributed by atoms with van der Waals surface area (Å²) in [6.45, 7) is 8.89. The first-order chi connectivity index (χ1) is 8.04. The summed E-state index contributed by atoms with van der Waals surface area (Å²) in [7, 11) is 0. The molecule has 0 aromatic carbocycles. The predicted octanol–water partition coefficient (Wildman–Crippen LogP) is 2.62. The highest BCUT2D eigenvalue weighted by Crippen LogP contribution is 2.22. The van der Waals surface area contributed by atoms with Gasteiger partial charge in [-0.25, -0.2) is 0 Å². The van der Waals surface area contributed by atoms with Crippen LogP contribution in [-0.2, 0) is 4.79 Å². The number of nitrogens with one attached hydrogen (secondary N) is 2. The van der Waals surface area contributed by atoms with E-state index < -0.39 is 0 Å². The molecule has 4 heteroatoms. The highest BCUT2D eigenvalue weighted by molar-refractivity contribution is 7.12. The molecule has 2 unspecified atom stereocenters. The molecule has 1 aromatic heterocycles. The van der Waals surface area contributed by atoms with Crippen LogP contribution in [0.3, 0.4) is 0 Å². The Kier molecular flexibility index (Phi) is 5.65. The van der Waals surface area contributed by atoms with E-state index in [2.05, 4.69) is 43.5 Å². The quantitative estimate of drug-likeness (QED) is 0.819. The van der Waals surface area contributed by atoms with Crippen molar-refractivity contribution in [1.29, 1.82) is 0 Å². The SMILES string of the molecule is CCCNC(=O)C(C)NC(C)c1ccc(C)s1. The summed E-state index contributed by atoms with van der Waals surface area (Å²) in [6, 6.07) is 4.30. The summed E-state index contributed by atoms with van der Waals surface area (Å²) in [6.07, 6.45) is 0.970. The van der Waals surface area contributed by atoms with Gasteiger partial charge in [0.05, 0.1) is 6.04 Å². The predicted molar refractivity (Wildman–Crippen MR) is 73.4 cm³/mol. The number of thiophene rings is 1. The van der Waals surface area contributed by atoms with Crippen molar-refractivity contribution in [2.45, 2.75) is 46.2 Å². The van der Waals surface area contributed by atoms with Gasteiger partial charge in [0.15, 0.2) is 0 Å². The number of aryl methyl sites for hydroxylation is 1. The van der Waals surface area contributed by atoms with Gasteiger partial charge in [0, 0.05) is 22.3 Å². The number of hydrogen-bond donors (Lipinski definition) is 2. The Morgan fingerprint density at radius 3 is 2.65 bits per heavy atom. The van der Waals surface area contributed by atoms with Crippen LogP contribution in [0, 0.1) is 6.92 Å². The summed E-state index contributed by atoms with van der Waals surface area (Å²) < 4.78 is 0. The molecule has 17 heavy (non-hydrogen) atoms. The zero-order valence-corrected chi connectivity index (χ0v) is 11.9. The van der Waals surface area contributed by atoms with Gasteiger partial charge in [-0.05, 0) is 39.3 Å². The van der Waals surface area contributed by atoms with Crippen LogP contribution >= 0.6 is 11.3 Å². The molecule has 0 aliphatic heterocycles. The van der Waals surface area contributed by atoms with Gasteiger partial charge in [-0.2, -0.15) is 0 Å². The van der Waals surface area contributed by atoms with Crippen LogP contribution in [0.15, 0.2) is 12.1 Å². The number of hydrogen-bond acceptors (Lipinski definition) is 3. The Balaban J connectivity index is 2.45. The Bertz CT molecular complexity index is 362. The van der Waals surface area contributed by atoms with Gasteiger partial charge in [0.25, 0.3) is 0 Å². The third kappa shape index (κ3) is 4.48. The molecule has 0 aliphatic carbocycles. The van der Waals surface area contributed by atoms with Crippen LogP contribution < -0.4 is 10.6 Å². The van der Waals surface area contributed by atoms with E-state index in [-0.39, 0.29) is 18.0 Å². The van der Waals surface area contributed by atoms with Crippen molar-refractivity contribution in [3.63, 3.8) is 0 Å². The molecule has 0 fully saturated rings. The first kappa shape index (κ1) is 14.2. The Morgan fingerprint density at radius 2 is 2.12 bits per heavy atom. The van der Waals surface area contributed by atoms with Crippen molar-refractivity contribution < 1.29 is 4.79 Å². The minimum atomic E-state index is -0.154. The highest BCUT2D eigenvalue weighted by atomic mass is 32.1. The van der Waals surface area contributed by atoms with E-state index in [1.165, 1.54) is 9.75 Å². The zero-order valence-electron chi connectivity index (χ0n) is 11.0. The summed E-state index contributed by atoms with van der Waals surface area (Å²) in [5.74, 6) is 0.0759. The standard InChI is InChI=1S/C13H22N2OS/c1-5-8-14-13(16)11(4)15-10(3)12-7-6-9(2)17-12/h6-7,10-11,15H,5,8H2,1-4H3,(H,14,16). The van der Waals surface area contributed by atoms with Gasteiger partial charge >= 0.3 is 0 Å². The zero-order chi connectivity index (χ0) is 12.8. The molecule has 0 spiro atoms. The number of rotatable bonds is 6. The molecule has 1 rings (SSSR count). The summed E-state index contributed by atoms with van der Waals surface area (Å²) in [5.41, 5.74) is 0. The lowest BCUT2D eigenvalue weighted by molar-refractivity contribution is -0.122. The molecule has 2 atom stereocenters. The molecule has 0 bridgehead atoms. The second-order valence-corrected chi connectivity index (χ2v) is 5.67. The van der Waals surface area contributed by atoms with E-state index in [9.17, 15) is 4.79 Å². The van der Waals surface area contributed by atoms with Crippen molar-refractivity contribution in [1.82, 2.24) is 10.6 Å². The van der Waals surface area contributed by atoms with E-state index in [1.807, 2.05) is 6.92 Å². The maximum atomic E-state index is 11.7. The van der Waals surface area contributed by atoms with E-state index in [1.54, 1.807) is 11.3 Å². The van der Waals surface area contributed by atoms with Crippen molar-refractivity contribution in [2.75, 3.05) is 6.54 Å². The van der Waals surface area contributed by atoms with Crippen LogP contribution in [0.5, 0.6) is 0 Å². The largest absolute Gasteiger partial charge is 0.355 e. The monoisotopic (exact) mass is 254 g/mol. The third-order valence-corrected chi connectivity index (χ3v) is 3.81. The Labute approximate surface area is 108 Å². The topological polar surface area (TPSA) is 41.1 Å². The average molecular weight is 254 g/mol. The lowest BCUT2D eigenvalue weighted by Crippen LogP contribution is -2.43. The normalized spacial score (nSPS) is 14.4. The van der Waals surface area contributed by atoms with Gasteiger partial charge in [-0.1, -0.05) is 6.92 Å². The second kappa shape index (κ2) is 6.77. The fraction of sp³-hybridized carbons (Fsp3) is 0.615. The highest BCUT2D eigenvalue weighted by Gasteiger charge is 2.16. The van der Waals surface area contributed by atoms with E-state index in [0.717, 1.165) is 13.0 Å². The number of amides is 1. The van der Waals surface area contributed by atoms with Crippen LogP contribution in [0.2, 0.25) is 0 Å². The molecular weight excluding hydrogens is 232 g/mol.